The number of imidazole rings is 1. The number of allylic oxidation sites excluding steroid dienone is 1. The van der Waals surface area contributed by atoms with Gasteiger partial charge >= 0.3 is 0 Å². The highest BCUT2D eigenvalue weighted by molar-refractivity contribution is 7.21. The minimum absolute atomic E-state index is 0.106. The molecule has 0 bridgehead atoms. The average Bonchev–Trinajstić information content (AvgIpc) is 3.66. The molecule has 0 aliphatic heterocycles. The fourth-order valence-corrected chi connectivity index (χ4v) is 5.96. The highest BCUT2D eigenvalue weighted by Crippen LogP contribution is 2.35. The number of rotatable bonds is 3. The van der Waals surface area contributed by atoms with Crippen molar-refractivity contribution in [3.05, 3.63) is 101 Å². The molecule has 0 spiro atoms. The van der Waals surface area contributed by atoms with E-state index in [-0.39, 0.29) is 17.1 Å². The molecule has 0 N–H and O–H groups in total. The first kappa shape index (κ1) is 20.1. The molecule has 8 heteroatoms. The van der Waals surface area contributed by atoms with Gasteiger partial charge in [0.05, 0.1) is 5.57 Å². The molecular formula is C27H14N4O2S2. The van der Waals surface area contributed by atoms with Crippen LogP contribution in [0.2, 0.25) is 0 Å². The number of ketones is 2. The number of benzene rings is 3. The van der Waals surface area contributed by atoms with Gasteiger partial charge in [0.25, 0.3) is 0 Å². The normalized spacial score (nSPS) is 13.2. The van der Waals surface area contributed by atoms with Crippen LogP contribution in [0.3, 0.4) is 0 Å². The Labute approximate surface area is 206 Å². The fraction of sp³-hybridized carbons (Fsp3) is 0. The fourth-order valence-electron chi connectivity index (χ4n) is 4.37. The van der Waals surface area contributed by atoms with Gasteiger partial charge in [0.1, 0.15) is 10.8 Å². The third-order valence-electron chi connectivity index (χ3n) is 6.02. The first-order chi connectivity index (χ1) is 17.2. The molecule has 3 aromatic heterocycles. The van der Waals surface area contributed by atoms with E-state index in [9.17, 15) is 9.59 Å². The van der Waals surface area contributed by atoms with E-state index in [1.54, 1.807) is 24.4 Å². The van der Waals surface area contributed by atoms with Crippen molar-refractivity contribution >= 4 is 61.6 Å². The lowest BCUT2D eigenvalue weighted by Gasteiger charge is -2.02. The zero-order chi connectivity index (χ0) is 23.5. The smallest absolute Gasteiger partial charge is 0.197 e. The number of thiazole rings is 2. The molecule has 6 nitrogen and oxygen atoms in total. The molecule has 7 rings (SSSR count). The first-order valence-electron chi connectivity index (χ1n) is 10.9. The van der Waals surface area contributed by atoms with E-state index in [1.165, 1.54) is 22.7 Å². The van der Waals surface area contributed by atoms with Gasteiger partial charge in [-0.3, -0.25) is 14.2 Å². The van der Waals surface area contributed by atoms with Crippen LogP contribution < -0.4 is 0 Å². The highest BCUT2D eigenvalue weighted by atomic mass is 32.1. The van der Waals surface area contributed by atoms with E-state index in [2.05, 4.69) is 4.98 Å². The molecule has 0 saturated carbocycles. The summed E-state index contributed by atoms with van der Waals surface area (Å²) in [6.07, 6.45) is 3.29. The Morgan fingerprint density at radius 1 is 0.829 bits per heavy atom. The quantitative estimate of drug-likeness (QED) is 0.217. The highest BCUT2D eigenvalue weighted by Gasteiger charge is 2.34. The van der Waals surface area contributed by atoms with Gasteiger partial charge in [0.2, 0.25) is 0 Å². The second-order valence-corrected chi connectivity index (χ2v) is 9.95. The maximum atomic E-state index is 13.3. The molecule has 0 atom stereocenters. The van der Waals surface area contributed by atoms with Crippen molar-refractivity contribution in [2.45, 2.75) is 0 Å². The van der Waals surface area contributed by atoms with Gasteiger partial charge in [-0.2, -0.15) is 0 Å². The number of Topliss-reactive ketones (excluding diaryl/α,β-unsaturated/α-hetero) is 2. The lowest BCUT2D eigenvalue weighted by molar-refractivity contribution is 0.0990. The number of nitrogens with zero attached hydrogens (tertiary/aromatic N) is 4. The Morgan fingerprint density at radius 2 is 1.51 bits per heavy atom. The van der Waals surface area contributed by atoms with Gasteiger partial charge in [-0.05, 0) is 29.0 Å². The van der Waals surface area contributed by atoms with Crippen molar-refractivity contribution in [1.29, 1.82) is 0 Å². The van der Waals surface area contributed by atoms with E-state index < -0.39 is 0 Å². The second-order valence-electron chi connectivity index (χ2n) is 8.10. The van der Waals surface area contributed by atoms with Gasteiger partial charge in [-0.15, -0.1) is 11.3 Å². The molecule has 0 saturated heterocycles. The molecule has 166 valence electrons. The summed E-state index contributed by atoms with van der Waals surface area (Å²) in [6.45, 7) is 0. The van der Waals surface area contributed by atoms with E-state index in [4.69, 9.17) is 9.97 Å². The molecule has 0 radical (unpaired) electrons. The van der Waals surface area contributed by atoms with Crippen molar-refractivity contribution in [2.75, 3.05) is 0 Å². The van der Waals surface area contributed by atoms with Crippen molar-refractivity contribution < 1.29 is 9.59 Å². The molecule has 0 fully saturated rings. The minimum Gasteiger partial charge on any atom is -0.288 e. The lowest BCUT2D eigenvalue weighted by atomic mass is 10.0. The zero-order valence-corrected chi connectivity index (χ0v) is 19.6. The number of fused-ring (bicyclic) bond motifs is 3. The summed E-state index contributed by atoms with van der Waals surface area (Å²) in [5.41, 5.74) is 2.62. The largest absolute Gasteiger partial charge is 0.288 e. The van der Waals surface area contributed by atoms with Gasteiger partial charge in [-0.25, -0.2) is 15.0 Å². The number of carbonyl (C=O) groups is 2. The van der Waals surface area contributed by atoms with Crippen LogP contribution in [-0.2, 0) is 0 Å². The van der Waals surface area contributed by atoms with Gasteiger partial charge in [0.15, 0.2) is 27.2 Å². The third-order valence-corrected chi connectivity index (χ3v) is 7.76. The van der Waals surface area contributed by atoms with Crippen LogP contribution in [0.1, 0.15) is 26.5 Å². The Hall–Kier alpha value is -4.27. The van der Waals surface area contributed by atoms with Crippen LogP contribution >= 0.6 is 22.7 Å². The summed E-state index contributed by atoms with van der Waals surface area (Å²) in [6, 6.07) is 21.2. The second kappa shape index (κ2) is 7.63. The summed E-state index contributed by atoms with van der Waals surface area (Å²) in [5, 5.41) is 5.24. The maximum absolute atomic E-state index is 13.3. The molecule has 1 aliphatic rings. The number of hydrogen-bond donors (Lipinski definition) is 0. The summed E-state index contributed by atoms with van der Waals surface area (Å²) in [4.78, 5) is 41.4. The number of carbonyl (C=O) groups excluding carboxylic acids is 2. The van der Waals surface area contributed by atoms with E-state index in [0.29, 0.717) is 32.6 Å². The van der Waals surface area contributed by atoms with Crippen LogP contribution in [0.4, 0.5) is 0 Å². The van der Waals surface area contributed by atoms with Gasteiger partial charge in [0, 0.05) is 28.3 Å². The van der Waals surface area contributed by atoms with E-state index in [0.717, 1.165) is 21.3 Å². The summed E-state index contributed by atoms with van der Waals surface area (Å²) in [5.74, 6) is -0.112. The number of hydrogen-bond acceptors (Lipinski definition) is 7. The Kier molecular flexibility index (Phi) is 4.39. The first-order valence-corrected chi connectivity index (χ1v) is 12.6. The molecule has 6 aromatic rings. The maximum Gasteiger partial charge on any atom is 0.197 e. The van der Waals surface area contributed by atoms with Crippen LogP contribution in [0, 0.1) is 0 Å². The van der Waals surface area contributed by atoms with Crippen LogP contribution in [0.25, 0.3) is 43.0 Å². The molecule has 3 aromatic carbocycles. The Morgan fingerprint density at radius 3 is 2.17 bits per heavy atom. The minimum atomic E-state index is -0.286. The monoisotopic (exact) mass is 490 g/mol. The van der Waals surface area contributed by atoms with Gasteiger partial charge < -0.3 is 0 Å². The summed E-state index contributed by atoms with van der Waals surface area (Å²) < 4.78 is 1.82. The predicted molar refractivity (Wildman–Crippen MR) is 138 cm³/mol. The lowest BCUT2D eigenvalue weighted by Crippen LogP contribution is -2.04. The van der Waals surface area contributed by atoms with Crippen molar-refractivity contribution in [1.82, 2.24) is 19.5 Å². The molecule has 3 heterocycles. The van der Waals surface area contributed by atoms with Crippen molar-refractivity contribution in [3.8, 4) is 15.7 Å². The van der Waals surface area contributed by atoms with Crippen LogP contribution in [0.5, 0.6) is 0 Å². The van der Waals surface area contributed by atoms with Crippen LogP contribution in [-0.4, -0.2) is 31.1 Å². The average molecular weight is 491 g/mol. The zero-order valence-electron chi connectivity index (χ0n) is 18.0. The summed E-state index contributed by atoms with van der Waals surface area (Å²) >= 11 is 2.91. The molecular weight excluding hydrogens is 476 g/mol. The topological polar surface area (TPSA) is 77.7 Å². The van der Waals surface area contributed by atoms with Crippen LogP contribution in [0.15, 0.2) is 83.9 Å². The Bertz CT molecular complexity index is 1770. The Balaban J connectivity index is 1.40. The van der Waals surface area contributed by atoms with Crippen molar-refractivity contribution in [3.63, 3.8) is 0 Å². The van der Waals surface area contributed by atoms with E-state index >= 15 is 0 Å². The van der Waals surface area contributed by atoms with Gasteiger partial charge in [-0.1, -0.05) is 65.9 Å². The standard InChI is InChI=1S/C27H14N4O2S2/c32-22-18-12-16-8-4-5-9-17(16)13-19(18)23(33)20(22)14-21-29-26-24(31(21)27-28-10-11-34-27)30-25(35-26)15-6-2-1-3-7-15/h1-14H. The van der Waals surface area contributed by atoms with E-state index in [1.807, 2.05) is 64.5 Å². The summed E-state index contributed by atoms with van der Waals surface area (Å²) in [7, 11) is 0. The predicted octanol–water partition coefficient (Wildman–Crippen LogP) is 6.22. The SMILES string of the molecule is O=C1C(=Cc2nc3sc(-c4ccccc4)nc3n2-c2nccs2)C(=O)c2cc3ccccc3cc21. The third kappa shape index (κ3) is 3.11. The molecule has 0 unspecified atom stereocenters. The molecule has 1 aliphatic carbocycles. The number of aromatic nitrogens is 4. The molecule has 0 amide bonds. The molecule has 35 heavy (non-hydrogen) atoms. The van der Waals surface area contributed by atoms with Crippen molar-refractivity contribution in [2.24, 2.45) is 0 Å².